The van der Waals surface area contributed by atoms with Gasteiger partial charge in [0.1, 0.15) is 11.5 Å². The van der Waals surface area contributed by atoms with Crippen LogP contribution < -0.4 is 5.32 Å². The minimum absolute atomic E-state index is 0.00755. The zero-order valence-corrected chi connectivity index (χ0v) is 19.4. The summed E-state index contributed by atoms with van der Waals surface area (Å²) >= 11 is 0. The van der Waals surface area contributed by atoms with Gasteiger partial charge < -0.3 is 15.2 Å². The van der Waals surface area contributed by atoms with Gasteiger partial charge in [0.2, 0.25) is 0 Å². The number of benzene rings is 1. The molecule has 1 unspecified atom stereocenters. The summed E-state index contributed by atoms with van der Waals surface area (Å²) in [4.78, 5) is 31.2. The highest BCUT2D eigenvalue weighted by Crippen LogP contribution is 2.32. The summed E-state index contributed by atoms with van der Waals surface area (Å²) in [6, 6.07) is 10.1. The van der Waals surface area contributed by atoms with E-state index < -0.39 is 0 Å². The summed E-state index contributed by atoms with van der Waals surface area (Å²) in [7, 11) is 0. The highest BCUT2D eigenvalue weighted by atomic mass is 19.1. The second-order valence-electron chi connectivity index (χ2n) is 9.48. The normalized spacial score (nSPS) is 18.5. The van der Waals surface area contributed by atoms with Crippen LogP contribution in [0.5, 0.6) is 0 Å². The van der Waals surface area contributed by atoms with Gasteiger partial charge in [0, 0.05) is 36.0 Å². The van der Waals surface area contributed by atoms with Crippen LogP contribution in [0.3, 0.4) is 0 Å². The fourth-order valence-corrected chi connectivity index (χ4v) is 5.25. The molecular formula is C26H30FN5O2. The van der Waals surface area contributed by atoms with E-state index in [0.29, 0.717) is 31.0 Å². The van der Waals surface area contributed by atoms with Crippen molar-refractivity contribution in [1.29, 1.82) is 0 Å². The van der Waals surface area contributed by atoms with Crippen LogP contribution in [0.25, 0.3) is 0 Å². The number of carbonyl (C=O) groups is 2. The average molecular weight is 464 g/mol. The largest absolute Gasteiger partial charge is 0.357 e. The Morgan fingerprint density at radius 1 is 1.15 bits per heavy atom. The SMILES string of the molecule is CC1CN(C(=O)c2ccc[nH]2)Cc2c(C(=O)NC3CCCCC3)nn(Cc3ccc(F)cc3)c21. The van der Waals surface area contributed by atoms with E-state index >= 15 is 0 Å². The van der Waals surface area contributed by atoms with E-state index in [1.165, 1.54) is 18.6 Å². The molecule has 0 saturated heterocycles. The number of carbonyl (C=O) groups excluding carboxylic acids is 2. The number of hydrogen-bond acceptors (Lipinski definition) is 3. The maximum atomic E-state index is 13.4. The minimum Gasteiger partial charge on any atom is -0.357 e. The van der Waals surface area contributed by atoms with Crippen LogP contribution in [0.1, 0.15) is 82.7 Å². The standard InChI is InChI=1S/C26H30FN5O2/c1-17-14-31(26(34)22-8-5-13-28-22)16-21-23(25(33)29-20-6-3-2-4-7-20)30-32(24(17)21)15-18-9-11-19(27)12-10-18/h5,8-13,17,20,28H,2-4,6-7,14-16H2,1H3,(H,29,33). The van der Waals surface area contributed by atoms with Crippen molar-refractivity contribution in [2.75, 3.05) is 6.54 Å². The monoisotopic (exact) mass is 463 g/mol. The van der Waals surface area contributed by atoms with Crippen molar-refractivity contribution >= 4 is 11.8 Å². The number of rotatable bonds is 5. The molecule has 2 aliphatic rings. The summed E-state index contributed by atoms with van der Waals surface area (Å²) in [6.45, 7) is 3.35. The van der Waals surface area contributed by atoms with Crippen LogP contribution in [-0.2, 0) is 13.1 Å². The maximum Gasteiger partial charge on any atom is 0.272 e. The van der Waals surface area contributed by atoms with Gasteiger partial charge in [-0.2, -0.15) is 5.10 Å². The lowest BCUT2D eigenvalue weighted by molar-refractivity contribution is 0.0710. The number of nitrogens with zero attached hydrogens (tertiary/aromatic N) is 3. The van der Waals surface area contributed by atoms with Gasteiger partial charge in [-0.3, -0.25) is 14.3 Å². The summed E-state index contributed by atoms with van der Waals surface area (Å²) in [5, 5.41) is 7.93. The van der Waals surface area contributed by atoms with Gasteiger partial charge >= 0.3 is 0 Å². The van der Waals surface area contributed by atoms with Crippen LogP contribution in [-0.4, -0.2) is 44.1 Å². The Morgan fingerprint density at radius 2 is 1.91 bits per heavy atom. The van der Waals surface area contributed by atoms with Gasteiger partial charge in [-0.15, -0.1) is 0 Å². The number of nitrogens with one attached hydrogen (secondary N) is 2. The number of amides is 2. The van der Waals surface area contributed by atoms with Crippen molar-refractivity contribution in [1.82, 2.24) is 25.0 Å². The lowest BCUT2D eigenvalue weighted by atomic mass is 9.94. The zero-order valence-electron chi connectivity index (χ0n) is 19.4. The molecule has 178 valence electrons. The van der Waals surface area contributed by atoms with E-state index in [-0.39, 0.29) is 29.6 Å². The van der Waals surface area contributed by atoms with Gasteiger partial charge in [0.15, 0.2) is 5.69 Å². The molecular weight excluding hydrogens is 433 g/mol. The third-order valence-electron chi connectivity index (χ3n) is 6.92. The Morgan fingerprint density at radius 3 is 2.62 bits per heavy atom. The van der Waals surface area contributed by atoms with E-state index in [0.717, 1.165) is 42.5 Å². The fraction of sp³-hybridized carbons (Fsp3) is 0.423. The second-order valence-corrected chi connectivity index (χ2v) is 9.48. The van der Waals surface area contributed by atoms with Gasteiger partial charge in [-0.1, -0.05) is 38.3 Å². The Hall–Kier alpha value is -3.42. The van der Waals surface area contributed by atoms with E-state index in [1.807, 2.05) is 4.68 Å². The Labute approximate surface area is 198 Å². The Balaban J connectivity index is 1.48. The number of aromatic amines is 1. The molecule has 1 aromatic carbocycles. The van der Waals surface area contributed by atoms with E-state index in [2.05, 4.69) is 17.2 Å². The first-order valence-corrected chi connectivity index (χ1v) is 12.1. The molecule has 2 N–H and O–H groups in total. The smallest absolute Gasteiger partial charge is 0.272 e. The molecule has 1 fully saturated rings. The summed E-state index contributed by atoms with van der Waals surface area (Å²) in [6.07, 6.45) is 7.16. The first-order chi connectivity index (χ1) is 16.5. The molecule has 0 radical (unpaired) electrons. The predicted octanol–water partition coefficient (Wildman–Crippen LogP) is 4.22. The quantitative estimate of drug-likeness (QED) is 0.594. The summed E-state index contributed by atoms with van der Waals surface area (Å²) in [5.41, 5.74) is 3.59. The molecule has 34 heavy (non-hydrogen) atoms. The van der Waals surface area contributed by atoms with Crippen molar-refractivity contribution in [3.05, 3.63) is 76.6 Å². The van der Waals surface area contributed by atoms with Gasteiger partial charge in [0.25, 0.3) is 11.8 Å². The molecule has 7 nitrogen and oxygen atoms in total. The predicted molar refractivity (Wildman–Crippen MR) is 126 cm³/mol. The van der Waals surface area contributed by atoms with Crippen LogP contribution >= 0.6 is 0 Å². The molecule has 5 rings (SSSR count). The molecule has 0 bridgehead atoms. The zero-order chi connectivity index (χ0) is 23.7. The first kappa shape index (κ1) is 22.4. The molecule has 3 aromatic rings. The van der Waals surface area contributed by atoms with Crippen LogP contribution in [0, 0.1) is 5.82 Å². The molecule has 1 aliphatic carbocycles. The summed E-state index contributed by atoms with van der Waals surface area (Å²) < 4.78 is 15.3. The van der Waals surface area contributed by atoms with E-state index in [4.69, 9.17) is 5.10 Å². The number of halogens is 1. The number of fused-ring (bicyclic) bond motifs is 1. The van der Waals surface area contributed by atoms with E-state index in [9.17, 15) is 14.0 Å². The number of H-pyrrole nitrogens is 1. The Kier molecular flexibility index (Phi) is 6.22. The van der Waals surface area contributed by atoms with Crippen molar-refractivity contribution in [2.45, 2.75) is 64.1 Å². The van der Waals surface area contributed by atoms with Gasteiger partial charge in [0.05, 0.1) is 13.1 Å². The van der Waals surface area contributed by atoms with Crippen LogP contribution in [0.2, 0.25) is 0 Å². The molecule has 2 aromatic heterocycles. The lowest BCUT2D eigenvalue weighted by Crippen LogP contribution is -2.40. The highest BCUT2D eigenvalue weighted by molar-refractivity contribution is 5.95. The summed E-state index contributed by atoms with van der Waals surface area (Å²) in [5.74, 6) is -0.563. The van der Waals surface area contributed by atoms with Crippen molar-refractivity contribution in [3.8, 4) is 0 Å². The second kappa shape index (κ2) is 9.44. The fourth-order valence-electron chi connectivity index (χ4n) is 5.25. The molecule has 3 heterocycles. The lowest BCUT2D eigenvalue weighted by Gasteiger charge is -2.32. The van der Waals surface area contributed by atoms with Crippen LogP contribution in [0.15, 0.2) is 42.6 Å². The molecule has 1 atom stereocenters. The maximum absolute atomic E-state index is 13.4. The average Bonchev–Trinajstić information content (AvgIpc) is 3.50. The highest BCUT2D eigenvalue weighted by Gasteiger charge is 2.35. The molecule has 8 heteroatoms. The molecule has 0 spiro atoms. The topological polar surface area (TPSA) is 83.0 Å². The minimum atomic E-state index is -0.286. The molecule has 1 saturated carbocycles. The first-order valence-electron chi connectivity index (χ1n) is 12.1. The van der Waals surface area contributed by atoms with Crippen LogP contribution in [0.4, 0.5) is 4.39 Å². The third kappa shape index (κ3) is 4.49. The van der Waals surface area contributed by atoms with Gasteiger partial charge in [-0.25, -0.2) is 4.39 Å². The van der Waals surface area contributed by atoms with Gasteiger partial charge in [-0.05, 0) is 42.7 Å². The molecule has 2 amide bonds. The van der Waals surface area contributed by atoms with Crippen molar-refractivity contribution in [2.24, 2.45) is 0 Å². The number of aromatic nitrogens is 3. The molecule has 1 aliphatic heterocycles. The number of hydrogen-bond donors (Lipinski definition) is 2. The van der Waals surface area contributed by atoms with Crippen molar-refractivity contribution in [3.63, 3.8) is 0 Å². The third-order valence-corrected chi connectivity index (χ3v) is 6.92. The van der Waals surface area contributed by atoms with E-state index in [1.54, 1.807) is 35.4 Å². The Bertz CT molecular complexity index is 1160. The van der Waals surface area contributed by atoms with Crippen molar-refractivity contribution < 1.29 is 14.0 Å².